The Hall–Kier alpha value is -1.13. The molecule has 0 aliphatic carbocycles. The van der Waals surface area contributed by atoms with Gasteiger partial charge < -0.3 is 16.2 Å². The van der Waals surface area contributed by atoms with E-state index in [9.17, 15) is 0 Å². The predicted octanol–water partition coefficient (Wildman–Crippen LogP) is 0.960. The van der Waals surface area contributed by atoms with Gasteiger partial charge in [0.15, 0.2) is 0 Å². The lowest BCUT2D eigenvalue weighted by atomic mass is 9.88. The Balaban J connectivity index is 1.96. The van der Waals surface area contributed by atoms with E-state index < -0.39 is 0 Å². The van der Waals surface area contributed by atoms with Gasteiger partial charge in [0, 0.05) is 37.3 Å². The van der Waals surface area contributed by atoms with Gasteiger partial charge in [-0.25, -0.2) is 0 Å². The van der Waals surface area contributed by atoms with Gasteiger partial charge in [0.1, 0.15) is 0 Å². The van der Waals surface area contributed by atoms with Crippen molar-refractivity contribution in [2.45, 2.75) is 25.3 Å². The van der Waals surface area contributed by atoms with Crippen LogP contribution >= 0.6 is 0 Å². The van der Waals surface area contributed by atoms with Crippen molar-refractivity contribution in [2.75, 3.05) is 18.9 Å². The third kappa shape index (κ3) is 2.71. The van der Waals surface area contributed by atoms with Crippen LogP contribution in [0.1, 0.15) is 18.4 Å². The summed E-state index contributed by atoms with van der Waals surface area (Å²) >= 11 is 0. The van der Waals surface area contributed by atoms with E-state index in [1.165, 1.54) is 0 Å². The Morgan fingerprint density at radius 2 is 2.19 bits per heavy atom. The molecule has 1 aliphatic rings. The summed E-state index contributed by atoms with van der Waals surface area (Å²) in [7, 11) is 0. The Bertz CT molecular complexity index is 337. The minimum atomic E-state index is 0.162. The molecule has 1 atom stereocenters. The summed E-state index contributed by atoms with van der Waals surface area (Å²) in [5.74, 6) is 0.549. The average Bonchev–Trinajstić information content (AvgIpc) is 2.33. The molecule has 0 saturated carbocycles. The largest absolute Gasteiger partial charge is 0.398 e. The fraction of sp³-hybridized carbons (Fsp3) is 0.583. The summed E-state index contributed by atoms with van der Waals surface area (Å²) < 4.78 is 5.33. The zero-order valence-electron chi connectivity index (χ0n) is 9.43. The van der Waals surface area contributed by atoms with Gasteiger partial charge in [-0.05, 0) is 36.8 Å². The highest BCUT2D eigenvalue weighted by molar-refractivity contribution is 5.44. The summed E-state index contributed by atoms with van der Waals surface area (Å²) in [6.45, 7) is 1.67. The van der Waals surface area contributed by atoms with Crippen LogP contribution < -0.4 is 11.5 Å². The average molecular weight is 221 g/mol. The fourth-order valence-electron chi connectivity index (χ4n) is 2.17. The van der Waals surface area contributed by atoms with Crippen LogP contribution in [0, 0.1) is 5.92 Å². The molecule has 0 spiro atoms. The highest BCUT2D eigenvalue weighted by atomic mass is 16.5. The van der Waals surface area contributed by atoms with Crippen LogP contribution in [-0.2, 0) is 11.2 Å². The normalized spacial score (nSPS) is 19.6. The van der Waals surface area contributed by atoms with Crippen LogP contribution in [0.2, 0.25) is 0 Å². The van der Waals surface area contributed by atoms with E-state index in [4.69, 9.17) is 16.2 Å². The molecular weight excluding hydrogens is 202 g/mol. The first-order valence-corrected chi connectivity index (χ1v) is 5.79. The van der Waals surface area contributed by atoms with E-state index in [0.29, 0.717) is 5.92 Å². The van der Waals surface area contributed by atoms with Crippen molar-refractivity contribution in [1.29, 1.82) is 0 Å². The quantitative estimate of drug-likeness (QED) is 0.797. The Morgan fingerprint density at radius 3 is 2.88 bits per heavy atom. The Morgan fingerprint density at radius 1 is 1.44 bits per heavy atom. The van der Waals surface area contributed by atoms with Crippen molar-refractivity contribution in [3.05, 3.63) is 24.0 Å². The van der Waals surface area contributed by atoms with E-state index in [-0.39, 0.29) is 6.04 Å². The van der Waals surface area contributed by atoms with E-state index >= 15 is 0 Å². The lowest BCUT2D eigenvalue weighted by Crippen LogP contribution is -2.36. The monoisotopic (exact) mass is 221 g/mol. The van der Waals surface area contributed by atoms with Gasteiger partial charge in [0.25, 0.3) is 0 Å². The minimum Gasteiger partial charge on any atom is -0.398 e. The van der Waals surface area contributed by atoms with Crippen molar-refractivity contribution >= 4 is 5.69 Å². The van der Waals surface area contributed by atoms with E-state index in [1.54, 1.807) is 6.20 Å². The van der Waals surface area contributed by atoms with Crippen LogP contribution in [-0.4, -0.2) is 24.2 Å². The van der Waals surface area contributed by atoms with Crippen LogP contribution in [0.5, 0.6) is 0 Å². The van der Waals surface area contributed by atoms with Gasteiger partial charge in [-0.3, -0.25) is 4.98 Å². The highest BCUT2D eigenvalue weighted by Gasteiger charge is 2.21. The summed E-state index contributed by atoms with van der Waals surface area (Å²) in [5, 5.41) is 0. The third-order valence-corrected chi connectivity index (χ3v) is 3.27. The maximum atomic E-state index is 6.21. The number of hydrogen-bond donors (Lipinski definition) is 2. The molecule has 4 nitrogen and oxygen atoms in total. The molecule has 1 aromatic heterocycles. The molecule has 4 N–H and O–H groups in total. The molecule has 0 amide bonds. The molecule has 2 rings (SSSR count). The lowest BCUT2D eigenvalue weighted by molar-refractivity contribution is 0.0585. The van der Waals surface area contributed by atoms with Crippen molar-refractivity contribution in [1.82, 2.24) is 4.98 Å². The number of nitrogen functional groups attached to an aromatic ring is 1. The second-order valence-electron chi connectivity index (χ2n) is 4.39. The number of ether oxygens (including phenoxy) is 1. The second kappa shape index (κ2) is 5.27. The van der Waals surface area contributed by atoms with Crippen molar-refractivity contribution < 1.29 is 4.74 Å². The van der Waals surface area contributed by atoms with Gasteiger partial charge in [-0.2, -0.15) is 0 Å². The standard InChI is InChI=1S/C12H19N3O/c13-11-1-4-15-8-10(11)7-12(14)9-2-5-16-6-3-9/h1,4,8-9,12H,2-3,5-7,14H2,(H2,13,15). The van der Waals surface area contributed by atoms with Crippen molar-refractivity contribution in [3.8, 4) is 0 Å². The number of nitrogens with zero attached hydrogens (tertiary/aromatic N) is 1. The summed E-state index contributed by atoms with van der Waals surface area (Å²) in [6, 6.07) is 1.99. The van der Waals surface area contributed by atoms with Gasteiger partial charge in [-0.15, -0.1) is 0 Å². The summed E-state index contributed by atoms with van der Waals surface area (Å²) in [5.41, 5.74) is 13.9. The molecule has 2 heterocycles. The lowest BCUT2D eigenvalue weighted by Gasteiger charge is -2.27. The smallest absolute Gasteiger partial charge is 0.0469 e. The van der Waals surface area contributed by atoms with Gasteiger partial charge >= 0.3 is 0 Å². The molecule has 16 heavy (non-hydrogen) atoms. The number of nitrogens with two attached hydrogens (primary N) is 2. The van der Waals surface area contributed by atoms with Crippen LogP contribution in [0.3, 0.4) is 0 Å². The molecule has 0 bridgehead atoms. The fourth-order valence-corrected chi connectivity index (χ4v) is 2.17. The van der Waals surface area contributed by atoms with Gasteiger partial charge in [0.05, 0.1) is 0 Å². The number of pyridine rings is 1. The molecule has 1 aliphatic heterocycles. The predicted molar refractivity (Wildman–Crippen MR) is 63.9 cm³/mol. The molecule has 88 valence electrons. The topological polar surface area (TPSA) is 74.2 Å². The molecule has 1 saturated heterocycles. The van der Waals surface area contributed by atoms with Crippen molar-refractivity contribution in [2.24, 2.45) is 11.7 Å². The van der Waals surface area contributed by atoms with E-state index in [0.717, 1.165) is 43.7 Å². The third-order valence-electron chi connectivity index (χ3n) is 3.27. The molecule has 0 radical (unpaired) electrons. The molecule has 1 unspecified atom stereocenters. The summed E-state index contributed by atoms with van der Waals surface area (Å²) in [4.78, 5) is 4.08. The first-order chi connectivity index (χ1) is 7.77. The highest BCUT2D eigenvalue weighted by Crippen LogP contribution is 2.21. The minimum absolute atomic E-state index is 0.162. The Kier molecular flexibility index (Phi) is 3.74. The number of anilines is 1. The maximum absolute atomic E-state index is 6.21. The maximum Gasteiger partial charge on any atom is 0.0469 e. The first-order valence-electron chi connectivity index (χ1n) is 5.79. The molecule has 0 aromatic carbocycles. The molecule has 1 aromatic rings. The van der Waals surface area contributed by atoms with Crippen LogP contribution in [0.4, 0.5) is 5.69 Å². The first kappa shape index (κ1) is 11.4. The van der Waals surface area contributed by atoms with E-state index in [1.807, 2.05) is 12.3 Å². The zero-order chi connectivity index (χ0) is 11.4. The number of aromatic nitrogens is 1. The number of rotatable bonds is 3. The second-order valence-corrected chi connectivity index (χ2v) is 4.39. The molecule has 4 heteroatoms. The van der Waals surface area contributed by atoms with Gasteiger partial charge in [-0.1, -0.05) is 0 Å². The van der Waals surface area contributed by atoms with E-state index in [2.05, 4.69) is 4.98 Å². The molecular formula is C12H19N3O. The number of hydrogen-bond acceptors (Lipinski definition) is 4. The SMILES string of the molecule is Nc1ccncc1CC(N)C1CCOCC1. The Labute approximate surface area is 96.0 Å². The molecule has 1 fully saturated rings. The summed E-state index contributed by atoms with van der Waals surface area (Å²) in [6.07, 6.45) is 6.44. The van der Waals surface area contributed by atoms with Crippen LogP contribution in [0.25, 0.3) is 0 Å². The van der Waals surface area contributed by atoms with Crippen LogP contribution in [0.15, 0.2) is 18.5 Å². The zero-order valence-corrected chi connectivity index (χ0v) is 9.43. The van der Waals surface area contributed by atoms with Crippen molar-refractivity contribution in [3.63, 3.8) is 0 Å². The van der Waals surface area contributed by atoms with Gasteiger partial charge in [0.2, 0.25) is 0 Å².